The topological polar surface area (TPSA) is 108 Å². The second-order valence-electron chi connectivity index (χ2n) is 20.6. The van der Waals surface area contributed by atoms with Crippen LogP contribution < -0.4 is 10.2 Å². The molecule has 0 fully saturated rings. The molecule has 0 aromatic carbocycles. The van der Waals surface area contributed by atoms with Gasteiger partial charge in [-0.05, 0) is 38.5 Å². The highest BCUT2D eigenvalue weighted by molar-refractivity contribution is 7.45. The van der Waals surface area contributed by atoms with E-state index < -0.39 is 20.0 Å². The Bertz CT molecular complexity index is 1050. The van der Waals surface area contributed by atoms with E-state index in [4.69, 9.17) is 9.05 Å². The molecule has 0 rings (SSSR count). The number of unbranched alkanes of at least 4 members (excludes halogenated alkanes) is 37. The minimum absolute atomic E-state index is 0.0145. The van der Waals surface area contributed by atoms with Crippen LogP contribution in [0.2, 0.25) is 0 Å². The number of rotatable bonds is 52. The first-order chi connectivity index (χ1) is 31.0. The van der Waals surface area contributed by atoms with E-state index in [1.54, 1.807) is 0 Å². The third-order valence-corrected chi connectivity index (χ3v) is 14.0. The van der Waals surface area contributed by atoms with Crippen molar-refractivity contribution in [2.75, 3.05) is 40.9 Å². The van der Waals surface area contributed by atoms with Crippen LogP contribution in [0.5, 0.6) is 0 Å². The molecule has 8 nitrogen and oxygen atoms in total. The zero-order chi connectivity index (χ0) is 47.1. The Labute approximate surface area is 399 Å². The molecule has 3 atom stereocenters. The lowest BCUT2D eigenvalue weighted by molar-refractivity contribution is -0.870. The Hall–Kier alpha value is -0.760. The third kappa shape index (κ3) is 49.2. The molecule has 3 unspecified atom stereocenters. The molecule has 0 radical (unpaired) electrons. The van der Waals surface area contributed by atoms with E-state index in [9.17, 15) is 19.4 Å². The van der Waals surface area contributed by atoms with Crippen molar-refractivity contribution in [2.45, 2.75) is 296 Å². The summed E-state index contributed by atoms with van der Waals surface area (Å²) in [5, 5.41) is 14.0. The summed E-state index contributed by atoms with van der Waals surface area (Å²) in [6.07, 6.45) is 56.7. The molecule has 0 aliphatic carbocycles. The van der Waals surface area contributed by atoms with E-state index in [1.165, 1.54) is 218 Å². The fourth-order valence-corrected chi connectivity index (χ4v) is 9.29. The lowest BCUT2D eigenvalue weighted by Crippen LogP contribution is -2.46. The number of quaternary nitrogens is 1. The second-order valence-corrected chi connectivity index (χ2v) is 22.1. The van der Waals surface area contributed by atoms with Crippen molar-refractivity contribution >= 4 is 13.7 Å². The molecule has 0 bridgehead atoms. The number of nitrogens with zero attached hydrogens (tertiary/aromatic N) is 1. The van der Waals surface area contributed by atoms with Crippen molar-refractivity contribution in [1.82, 2.24) is 5.32 Å². The highest BCUT2D eigenvalue weighted by atomic mass is 31.2. The van der Waals surface area contributed by atoms with E-state index in [1.807, 2.05) is 21.1 Å². The smallest absolute Gasteiger partial charge is 0.268 e. The van der Waals surface area contributed by atoms with Gasteiger partial charge in [-0.1, -0.05) is 251 Å². The molecule has 0 spiro atoms. The number of likely N-dealkylation sites (N-methyl/N-ethyl adjacent to an activating group) is 1. The van der Waals surface area contributed by atoms with Crippen LogP contribution in [0, 0.1) is 0 Å². The molecular formula is C55H111N2O6P. The molecule has 2 N–H and O–H groups in total. The van der Waals surface area contributed by atoms with Crippen LogP contribution in [-0.2, 0) is 18.4 Å². The van der Waals surface area contributed by atoms with Gasteiger partial charge in [-0.15, -0.1) is 0 Å². The quantitative estimate of drug-likeness (QED) is 0.0272. The van der Waals surface area contributed by atoms with Crippen molar-refractivity contribution in [3.05, 3.63) is 12.2 Å². The number of hydrogen-bond donors (Lipinski definition) is 2. The van der Waals surface area contributed by atoms with Crippen LogP contribution >= 0.6 is 7.82 Å². The van der Waals surface area contributed by atoms with Crippen molar-refractivity contribution < 1.29 is 32.9 Å². The lowest BCUT2D eigenvalue weighted by atomic mass is 10.0. The maximum atomic E-state index is 13.0. The molecule has 64 heavy (non-hydrogen) atoms. The first kappa shape index (κ1) is 63.2. The number of amides is 1. The van der Waals surface area contributed by atoms with Gasteiger partial charge in [0.2, 0.25) is 5.91 Å². The van der Waals surface area contributed by atoms with E-state index in [2.05, 4.69) is 31.3 Å². The molecule has 0 aliphatic rings. The predicted molar refractivity (Wildman–Crippen MR) is 275 cm³/mol. The van der Waals surface area contributed by atoms with Gasteiger partial charge in [-0.25, -0.2) is 0 Å². The van der Waals surface area contributed by atoms with E-state index in [0.717, 1.165) is 38.5 Å². The SMILES string of the molecule is CCCCCCCCCCCCCC/C=C\CCCCCCCCCCCCCC(=O)NC(COP(=O)([O-])OCC[N+](C)(C)C)C(O)CCCCCCCCCCCCCCCCC. The normalized spacial score (nSPS) is 14.0. The molecular weight excluding hydrogens is 816 g/mol. The second kappa shape index (κ2) is 47.3. The minimum atomic E-state index is -4.57. The largest absolute Gasteiger partial charge is 0.756 e. The predicted octanol–water partition coefficient (Wildman–Crippen LogP) is 16.0. The van der Waals surface area contributed by atoms with Gasteiger partial charge in [0, 0.05) is 6.42 Å². The molecule has 0 aliphatic heterocycles. The average Bonchev–Trinajstić information content (AvgIpc) is 3.25. The Morgan fingerprint density at radius 2 is 0.859 bits per heavy atom. The van der Waals surface area contributed by atoms with Gasteiger partial charge < -0.3 is 28.8 Å². The van der Waals surface area contributed by atoms with Gasteiger partial charge in [0.25, 0.3) is 7.82 Å². The van der Waals surface area contributed by atoms with Crippen LogP contribution in [0.4, 0.5) is 0 Å². The maximum Gasteiger partial charge on any atom is 0.268 e. The number of allylic oxidation sites excluding steroid dienone is 2. The van der Waals surface area contributed by atoms with Crippen LogP contribution in [-0.4, -0.2) is 68.5 Å². The van der Waals surface area contributed by atoms with Crippen LogP contribution in [0.3, 0.4) is 0 Å². The Kier molecular flexibility index (Phi) is 46.8. The van der Waals surface area contributed by atoms with Gasteiger partial charge in [0.1, 0.15) is 13.2 Å². The molecule has 382 valence electrons. The summed E-state index contributed by atoms with van der Waals surface area (Å²) in [5.74, 6) is -0.161. The molecule has 0 aromatic rings. The van der Waals surface area contributed by atoms with Crippen molar-refractivity contribution in [2.24, 2.45) is 0 Å². The monoisotopic (exact) mass is 927 g/mol. The summed E-state index contributed by atoms with van der Waals surface area (Å²) >= 11 is 0. The van der Waals surface area contributed by atoms with Crippen LogP contribution in [0.1, 0.15) is 284 Å². The summed E-state index contributed by atoms with van der Waals surface area (Å²) in [7, 11) is 1.32. The average molecular weight is 927 g/mol. The number of phosphoric acid groups is 1. The fraction of sp³-hybridized carbons (Fsp3) is 0.945. The third-order valence-electron chi connectivity index (χ3n) is 13.0. The number of aliphatic hydroxyl groups excluding tert-OH is 1. The summed E-state index contributed by atoms with van der Waals surface area (Å²) in [6.45, 7) is 4.76. The van der Waals surface area contributed by atoms with E-state index in [-0.39, 0.29) is 19.1 Å². The Morgan fingerprint density at radius 1 is 0.531 bits per heavy atom. The van der Waals surface area contributed by atoms with Gasteiger partial charge >= 0.3 is 0 Å². The molecule has 1 amide bonds. The van der Waals surface area contributed by atoms with Crippen molar-refractivity contribution in [3.63, 3.8) is 0 Å². The molecule has 0 saturated heterocycles. The van der Waals surface area contributed by atoms with Crippen LogP contribution in [0.15, 0.2) is 12.2 Å². The molecule has 0 saturated carbocycles. The number of hydrogen-bond acceptors (Lipinski definition) is 6. The Morgan fingerprint density at radius 3 is 1.22 bits per heavy atom. The zero-order valence-corrected chi connectivity index (χ0v) is 44.4. The minimum Gasteiger partial charge on any atom is -0.756 e. The summed E-state index contributed by atoms with van der Waals surface area (Å²) in [5.41, 5.74) is 0. The van der Waals surface area contributed by atoms with E-state index in [0.29, 0.717) is 23.9 Å². The summed E-state index contributed by atoms with van der Waals surface area (Å²) < 4.78 is 23.4. The number of phosphoric ester groups is 1. The number of carbonyl (C=O) groups excluding carboxylic acids is 1. The van der Waals surface area contributed by atoms with Gasteiger partial charge in [0.15, 0.2) is 0 Å². The Balaban J connectivity index is 4.10. The van der Waals surface area contributed by atoms with Gasteiger partial charge in [0.05, 0.1) is 39.9 Å². The maximum absolute atomic E-state index is 13.0. The summed E-state index contributed by atoms with van der Waals surface area (Å²) in [4.78, 5) is 25.5. The van der Waals surface area contributed by atoms with Crippen molar-refractivity contribution in [1.29, 1.82) is 0 Å². The van der Waals surface area contributed by atoms with Crippen LogP contribution in [0.25, 0.3) is 0 Å². The fourth-order valence-electron chi connectivity index (χ4n) is 8.57. The highest BCUT2D eigenvalue weighted by Gasteiger charge is 2.24. The van der Waals surface area contributed by atoms with E-state index >= 15 is 0 Å². The number of nitrogens with one attached hydrogen (secondary N) is 1. The number of carbonyl (C=O) groups is 1. The molecule has 0 aromatic heterocycles. The van der Waals surface area contributed by atoms with Gasteiger partial charge in [-0.3, -0.25) is 9.36 Å². The standard InChI is InChI=1S/C55H111N2O6P/c1-6-8-10-12-14-16-18-20-22-23-24-25-26-27-28-29-30-31-32-33-35-37-39-41-43-45-47-49-55(59)56-53(52-63-64(60,61)62-51-50-57(3,4)5)54(58)48-46-44-42-40-38-36-34-21-19-17-15-13-11-9-7-2/h27-28,53-54,58H,6-26,29-52H2,1-5H3,(H-,56,59,60,61)/b28-27-. The molecule has 9 heteroatoms. The van der Waals surface area contributed by atoms with Gasteiger partial charge in [-0.2, -0.15) is 0 Å². The lowest BCUT2D eigenvalue weighted by Gasteiger charge is -2.30. The first-order valence-electron chi connectivity index (χ1n) is 28.0. The zero-order valence-electron chi connectivity index (χ0n) is 43.5. The summed E-state index contributed by atoms with van der Waals surface area (Å²) in [6, 6.07) is -0.797. The highest BCUT2D eigenvalue weighted by Crippen LogP contribution is 2.38. The van der Waals surface area contributed by atoms with Crippen molar-refractivity contribution in [3.8, 4) is 0 Å². The number of aliphatic hydroxyl groups is 1. The molecule has 0 heterocycles. The first-order valence-corrected chi connectivity index (χ1v) is 29.5.